The van der Waals surface area contributed by atoms with Gasteiger partial charge in [-0.15, -0.1) is 11.3 Å². The Kier molecular flexibility index (Phi) is 6.95. The predicted octanol–water partition coefficient (Wildman–Crippen LogP) is 7.56. The van der Waals surface area contributed by atoms with Gasteiger partial charge in [-0.3, -0.25) is 0 Å². The van der Waals surface area contributed by atoms with Gasteiger partial charge >= 0.3 is 6.18 Å². The van der Waals surface area contributed by atoms with Crippen LogP contribution in [0.3, 0.4) is 0 Å². The number of benzene rings is 2. The van der Waals surface area contributed by atoms with E-state index in [0.29, 0.717) is 15.3 Å². The summed E-state index contributed by atoms with van der Waals surface area (Å²) in [6.45, 7) is 5.19. The summed E-state index contributed by atoms with van der Waals surface area (Å²) in [4.78, 5) is 1.29. The molecule has 32 heavy (non-hydrogen) atoms. The quantitative estimate of drug-likeness (QED) is 0.377. The monoisotopic (exact) mass is 470 g/mol. The molecular weight excluding hydrogens is 447 g/mol. The minimum absolute atomic E-state index is 0.104. The smallest absolute Gasteiger partial charge is 0.416 e. The second-order valence-corrected chi connectivity index (χ2v) is 9.51. The van der Waals surface area contributed by atoms with E-state index in [4.69, 9.17) is 4.74 Å². The normalized spacial score (nSPS) is 13.3. The van der Waals surface area contributed by atoms with Crippen molar-refractivity contribution in [1.29, 1.82) is 0 Å². The molecule has 1 aromatic heterocycles. The minimum atomic E-state index is -4.40. The number of rotatable bonds is 6. The maximum Gasteiger partial charge on any atom is 0.416 e. The molecule has 0 amide bonds. The number of aliphatic hydroxyl groups is 1. The summed E-state index contributed by atoms with van der Waals surface area (Å²) in [6, 6.07) is 11.0. The fourth-order valence-electron chi connectivity index (χ4n) is 3.12. The topological polar surface area (TPSA) is 29.5 Å². The Morgan fingerprint density at radius 2 is 1.56 bits per heavy atom. The first-order chi connectivity index (χ1) is 14.8. The highest BCUT2D eigenvalue weighted by Gasteiger charge is 2.30. The number of thiophene rings is 1. The largest absolute Gasteiger partial charge is 0.485 e. The Labute approximate surface area is 187 Å². The molecule has 3 rings (SSSR count). The molecule has 3 aromatic rings. The van der Waals surface area contributed by atoms with Crippen LogP contribution in [0.2, 0.25) is 0 Å². The second kappa shape index (κ2) is 9.19. The number of alkyl halides is 3. The van der Waals surface area contributed by atoms with Gasteiger partial charge in [0.25, 0.3) is 0 Å². The Balaban J connectivity index is 1.67. The number of aryl methyl sites for hydroxylation is 1. The van der Waals surface area contributed by atoms with Crippen molar-refractivity contribution in [2.75, 3.05) is 0 Å². The molecule has 2 aromatic carbocycles. The molecule has 0 aliphatic rings. The standard InChI is InChI=1S/C24H23F5O2S/c1-23(2,3)31-18-11-7-15(21(25)22(18)26)6-10-17(30)20-13-12-19(32-20)14-4-8-16(9-5-14)24(27,28)29/h4-5,7-9,11-13,17,30H,6,10H2,1-3H3. The van der Waals surface area contributed by atoms with Crippen LogP contribution in [-0.2, 0) is 12.6 Å². The Bertz CT molecular complexity index is 1070. The lowest BCUT2D eigenvalue weighted by molar-refractivity contribution is -0.137. The molecule has 0 aliphatic carbocycles. The number of aliphatic hydroxyl groups excluding tert-OH is 1. The van der Waals surface area contributed by atoms with Gasteiger partial charge in [0.15, 0.2) is 11.6 Å². The lowest BCUT2D eigenvalue weighted by Gasteiger charge is -2.22. The van der Waals surface area contributed by atoms with E-state index < -0.39 is 35.1 Å². The molecule has 1 N–H and O–H groups in total. The molecule has 0 saturated carbocycles. The molecule has 8 heteroatoms. The molecule has 1 atom stereocenters. The highest BCUT2D eigenvalue weighted by molar-refractivity contribution is 7.15. The number of ether oxygens (including phenoxy) is 1. The van der Waals surface area contributed by atoms with E-state index >= 15 is 0 Å². The average molecular weight is 471 g/mol. The maximum absolute atomic E-state index is 14.4. The van der Waals surface area contributed by atoms with Crippen molar-refractivity contribution in [3.05, 3.63) is 76.2 Å². The third kappa shape index (κ3) is 5.86. The van der Waals surface area contributed by atoms with Crippen LogP contribution in [0, 0.1) is 11.6 Å². The predicted molar refractivity (Wildman–Crippen MR) is 115 cm³/mol. The Hall–Kier alpha value is -2.45. The lowest BCUT2D eigenvalue weighted by Crippen LogP contribution is -2.23. The van der Waals surface area contributed by atoms with Gasteiger partial charge in [0, 0.05) is 9.75 Å². The van der Waals surface area contributed by atoms with Crippen LogP contribution in [-0.4, -0.2) is 10.7 Å². The van der Waals surface area contributed by atoms with Crippen LogP contribution >= 0.6 is 11.3 Å². The molecular formula is C24H23F5O2S. The van der Waals surface area contributed by atoms with Gasteiger partial charge in [0.05, 0.1) is 11.7 Å². The van der Waals surface area contributed by atoms with Gasteiger partial charge in [-0.2, -0.15) is 17.6 Å². The molecule has 0 radical (unpaired) electrons. The Morgan fingerprint density at radius 1 is 0.906 bits per heavy atom. The van der Waals surface area contributed by atoms with Crippen molar-refractivity contribution >= 4 is 11.3 Å². The van der Waals surface area contributed by atoms with Crippen molar-refractivity contribution in [2.45, 2.75) is 51.5 Å². The fourth-order valence-corrected chi connectivity index (χ4v) is 4.15. The highest BCUT2D eigenvalue weighted by Crippen LogP contribution is 2.36. The van der Waals surface area contributed by atoms with Crippen molar-refractivity contribution < 1.29 is 31.8 Å². The first kappa shape index (κ1) is 24.2. The number of hydrogen-bond donors (Lipinski definition) is 1. The second-order valence-electron chi connectivity index (χ2n) is 8.40. The summed E-state index contributed by atoms with van der Waals surface area (Å²) in [7, 11) is 0. The summed E-state index contributed by atoms with van der Waals surface area (Å²) < 4.78 is 72.3. The van der Waals surface area contributed by atoms with Crippen molar-refractivity contribution in [1.82, 2.24) is 0 Å². The van der Waals surface area contributed by atoms with Crippen molar-refractivity contribution in [3.8, 4) is 16.2 Å². The first-order valence-corrected chi connectivity index (χ1v) is 10.8. The summed E-state index contributed by atoms with van der Waals surface area (Å²) in [5.41, 5.74) is -0.674. The average Bonchev–Trinajstić information content (AvgIpc) is 3.20. The zero-order valence-electron chi connectivity index (χ0n) is 17.8. The van der Waals surface area contributed by atoms with Crippen LogP contribution < -0.4 is 4.74 Å². The summed E-state index contributed by atoms with van der Waals surface area (Å²) in [6.07, 6.45) is -5.06. The summed E-state index contributed by atoms with van der Waals surface area (Å²) in [5, 5.41) is 10.5. The molecule has 0 fully saturated rings. The third-order valence-corrected chi connectivity index (χ3v) is 5.92. The fraction of sp³-hybridized carbons (Fsp3) is 0.333. The van der Waals surface area contributed by atoms with Gasteiger partial charge in [0.2, 0.25) is 5.82 Å². The lowest BCUT2D eigenvalue weighted by atomic mass is 10.0. The molecule has 1 unspecified atom stereocenters. The van der Waals surface area contributed by atoms with Gasteiger partial charge < -0.3 is 9.84 Å². The van der Waals surface area contributed by atoms with Gasteiger partial charge in [-0.05, 0) is 75.1 Å². The molecule has 0 bridgehead atoms. The minimum Gasteiger partial charge on any atom is -0.485 e. The van der Waals surface area contributed by atoms with Gasteiger partial charge in [-0.1, -0.05) is 18.2 Å². The van der Waals surface area contributed by atoms with E-state index in [9.17, 15) is 27.1 Å². The maximum atomic E-state index is 14.4. The zero-order valence-corrected chi connectivity index (χ0v) is 18.6. The summed E-state index contributed by atoms with van der Waals surface area (Å²) >= 11 is 1.24. The summed E-state index contributed by atoms with van der Waals surface area (Å²) in [5.74, 6) is -2.23. The van der Waals surface area contributed by atoms with E-state index in [2.05, 4.69) is 0 Å². The van der Waals surface area contributed by atoms with E-state index in [1.54, 1.807) is 32.9 Å². The molecule has 0 aliphatic heterocycles. The van der Waals surface area contributed by atoms with Crippen LogP contribution in [0.5, 0.6) is 5.75 Å². The van der Waals surface area contributed by atoms with Gasteiger partial charge in [-0.25, -0.2) is 4.39 Å². The number of halogens is 5. The van der Waals surface area contributed by atoms with E-state index in [0.717, 1.165) is 12.1 Å². The molecule has 0 spiro atoms. The van der Waals surface area contributed by atoms with E-state index in [1.165, 1.54) is 35.6 Å². The van der Waals surface area contributed by atoms with Crippen LogP contribution in [0.1, 0.15) is 49.3 Å². The van der Waals surface area contributed by atoms with Crippen molar-refractivity contribution in [3.63, 3.8) is 0 Å². The van der Waals surface area contributed by atoms with E-state index in [1.807, 2.05) is 0 Å². The Morgan fingerprint density at radius 3 is 2.16 bits per heavy atom. The highest BCUT2D eigenvalue weighted by atomic mass is 32.1. The van der Waals surface area contributed by atoms with Crippen LogP contribution in [0.4, 0.5) is 22.0 Å². The zero-order chi connectivity index (χ0) is 23.7. The van der Waals surface area contributed by atoms with Gasteiger partial charge in [0.1, 0.15) is 5.60 Å². The molecule has 2 nitrogen and oxygen atoms in total. The van der Waals surface area contributed by atoms with E-state index in [-0.39, 0.29) is 24.2 Å². The SMILES string of the molecule is CC(C)(C)Oc1ccc(CCC(O)c2ccc(-c3ccc(C(F)(F)F)cc3)s2)c(F)c1F. The van der Waals surface area contributed by atoms with Crippen molar-refractivity contribution in [2.24, 2.45) is 0 Å². The number of hydrogen-bond acceptors (Lipinski definition) is 3. The first-order valence-electron chi connectivity index (χ1n) is 9.96. The van der Waals surface area contributed by atoms with Crippen LogP contribution in [0.25, 0.3) is 10.4 Å². The molecule has 172 valence electrons. The van der Waals surface area contributed by atoms with Crippen LogP contribution in [0.15, 0.2) is 48.5 Å². The third-order valence-electron chi connectivity index (χ3n) is 4.68. The molecule has 1 heterocycles. The molecule has 0 saturated heterocycles.